The largest absolute Gasteiger partial charge is 0.497 e. The lowest BCUT2D eigenvalue weighted by molar-refractivity contribution is 0.403. The molecule has 0 aliphatic heterocycles. The quantitative estimate of drug-likeness (QED) is 0.522. The molecular formula is C20H33N3O3S. The van der Waals surface area contributed by atoms with E-state index in [0.29, 0.717) is 12.4 Å². The zero-order chi connectivity index (χ0) is 19.9. The van der Waals surface area contributed by atoms with Gasteiger partial charge in [0, 0.05) is 31.3 Å². The summed E-state index contributed by atoms with van der Waals surface area (Å²) in [4.78, 5) is 4.31. The van der Waals surface area contributed by atoms with Crippen molar-refractivity contribution in [2.24, 2.45) is 4.99 Å². The second-order valence-electron chi connectivity index (χ2n) is 7.61. The third kappa shape index (κ3) is 6.41. The molecule has 152 valence electrons. The fraction of sp³-hybridized carbons (Fsp3) is 0.650. The number of methoxy groups -OCH3 is 1. The molecule has 0 saturated heterocycles. The van der Waals surface area contributed by atoms with Gasteiger partial charge in [-0.1, -0.05) is 25.0 Å². The Balaban J connectivity index is 2.01. The van der Waals surface area contributed by atoms with Gasteiger partial charge in [0.1, 0.15) is 15.6 Å². The van der Waals surface area contributed by atoms with Crippen molar-refractivity contribution in [3.05, 3.63) is 29.8 Å². The van der Waals surface area contributed by atoms with Gasteiger partial charge in [0.15, 0.2) is 5.96 Å². The third-order valence-electron chi connectivity index (χ3n) is 5.37. The Morgan fingerprint density at radius 2 is 2.04 bits per heavy atom. The Morgan fingerprint density at radius 3 is 2.63 bits per heavy atom. The SMILES string of the molecule is CN=C(NCC1(c2cccc(OC)c2)CCCC1)NC(C)CCS(C)(=O)=O. The standard InChI is InChI=1S/C20H33N3O3S/c1-16(10-13-27(4,24)25)23-19(21-2)22-15-20(11-5-6-12-20)17-8-7-9-18(14-17)26-3/h7-9,14,16H,5-6,10-13,15H2,1-4H3,(H2,21,22,23). The van der Waals surface area contributed by atoms with E-state index < -0.39 is 9.84 Å². The normalized spacial score (nSPS) is 18.1. The summed E-state index contributed by atoms with van der Waals surface area (Å²) < 4.78 is 28.1. The molecule has 1 aromatic rings. The number of nitrogens with one attached hydrogen (secondary N) is 2. The second-order valence-corrected chi connectivity index (χ2v) is 9.87. The van der Waals surface area contributed by atoms with E-state index in [1.165, 1.54) is 24.7 Å². The average molecular weight is 396 g/mol. The van der Waals surface area contributed by atoms with E-state index in [2.05, 4.69) is 33.8 Å². The van der Waals surface area contributed by atoms with Crippen molar-refractivity contribution >= 4 is 15.8 Å². The van der Waals surface area contributed by atoms with E-state index >= 15 is 0 Å². The molecule has 0 amide bonds. The lowest BCUT2D eigenvalue weighted by atomic mass is 9.78. The highest BCUT2D eigenvalue weighted by Gasteiger charge is 2.36. The zero-order valence-corrected chi connectivity index (χ0v) is 17.7. The summed E-state index contributed by atoms with van der Waals surface area (Å²) in [5.41, 5.74) is 1.37. The third-order valence-corrected chi connectivity index (χ3v) is 6.34. The van der Waals surface area contributed by atoms with Gasteiger partial charge >= 0.3 is 0 Å². The predicted octanol–water partition coefficient (Wildman–Crippen LogP) is 2.50. The van der Waals surface area contributed by atoms with E-state index in [4.69, 9.17) is 4.74 Å². The molecule has 1 unspecified atom stereocenters. The Kier molecular flexibility index (Phi) is 7.53. The summed E-state index contributed by atoms with van der Waals surface area (Å²) in [6.07, 6.45) is 6.53. The molecule has 1 aliphatic rings. The van der Waals surface area contributed by atoms with Crippen molar-refractivity contribution in [2.75, 3.05) is 32.7 Å². The van der Waals surface area contributed by atoms with E-state index in [1.54, 1.807) is 14.2 Å². The van der Waals surface area contributed by atoms with E-state index in [9.17, 15) is 8.42 Å². The number of rotatable bonds is 8. The summed E-state index contributed by atoms with van der Waals surface area (Å²) in [6, 6.07) is 8.37. The van der Waals surface area contributed by atoms with Gasteiger partial charge in [0.2, 0.25) is 0 Å². The number of sulfone groups is 1. The summed E-state index contributed by atoms with van der Waals surface area (Å²) in [6.45, 7) is 2.77. The zero-order valence-electron chi connectivity index (χ0n) is 16.9. The Bertz CT molecular complexity index is 741. The van der Waals surface area contributed by atoms with Crippen LogP contribution in [0.1, 0.15) is 44.6 Å². The molecule has 0 bridgehead atoms. The molecule has 0 aromatic heterocycles. The molecule has 27 heavy (non-hydrogen) atoms. The molecule has 1 aliphatic carbocycles. The number of hydrogen-bond donors (Lipinski definition) is 2. The highest BCUT2D eigenvalue weighted by Crippen LogP contribution is 2.41. The van der Waals surface area contributed by atoms with Crippen LogP contribution in [-0.4, -0.2) is 53.1 Å². The molecule has 0 spiro atoms. The van der Waals surface area contributed by atoms with Crippen LogP contribution in [0.3, 0.4) is 0 Å². The Morgan fingerprint density at radius 1 is 1.33 bits per heavy atom. The van der Waals surface area contributed by atoms with Crippen LogP contribution < -0.4 is 15.4 Å². The van der Waals surface area contributed by atoms with Gasteiger partial charge in [-0.3, -0.25) is 4.99 Å². The maximum Gasteiger partial charge on any atom is 0.191 e. The smallest absolute Gasteiger partial charge is 0.191 e. The van der Waals surface area contributed by atoms with Crippen LogP contribution in [0.25, 0.3) is 0 Å². The molecule has 7 heteroatoms. The van der Waals surface area contributed by atoms with Gasteiger partial charge < -0.3 is 15.4 Å². The van der Waals surface area contributed by atoms with Crippen LogP contribution in [0.15, 0.2) is 29.3 Å². The molecule has 0 heterocycles. The van der Waals surface area contributed by atoms with Gasteiger partial charge in [0.25, 0.3) is 0 Å². The first-order chi connectivity index (χ1) is 12.8. The van der Waals surface area contributed by atoms with Crippen molar-refractivity contribution in [1.29, 1.82) is 0 Å². The minimum atomic E-state index is -2.95. The maximum absolute atomic E-state index is 11.4. The van der Waals surface area contributed by atoms with Crippen molar-refractivity contribution in [2.45, 2.75) is 50.5 Å². The minimum absolute atomic E-state index is 0.0299. The average Bonchev–Trinajstić information content (AvgIpc) is 3.13. The van der Waals surface area contributed by atoms with Crippen LogP contribution in [0.4, 0.5) is 0 Å². The molecule has 2 N–H and O–H groups in total. The Hall–Kier alpha value is -1.76. The number of hydrogen-bond acceptors (Lipinski definition) is 4. The maximum atomic E-state index is 11.4. The van der Waals surface area contributed by atoms with Crippen molar-refractivity contribution in [3.63, 3.8) is 0 Å². The monoisotopic (exact) mass is 395 g/mol. The highest BCUT2D eigenvalue weighted by atomic mass is 32.2. The van der Waals surface area contributed by atoms with Crippen molar-refractivity contribution < 1.29 is 13.2 Å². The van der Waals surface area contributed by atoms with Crippen LogP contribution >= 0.6 is 0 Å². The molecule has 1 atom stereocenters. The van der Waals surface area contributed by atoms with Gasteiger partial charge in [-0.2, -0.15) is 0 Å². The van der Waals surface area contributed by atoms with Gasteiger partial charge in [-0.15, -0.1) is 0 Å². The second kappa shape index (κ2) is 9.44. The van der Waals surface area contributed by atoms with Crippen molar-refractivity contribution in [3.8, 4) is 5.75 Å². The lowest BCUT2D eigenvalue weighted by Gasteiger charge is -2.31. The van der Waals surface area contributed by atoms with E-state index in [1.807, 2.05) is 13.0 Å². The molecule has 2 rings (SSSR count). The van der Waals surface area contributed by atoms with Crippen LogP contribution in [-0.2, 0) is 15.3 Å². The summed E-state index contributed by atoms with van der Waals surface area (Å²) in [5, 5.41) is 6.77. The highest BCUT2D eigenvalue weighted by molar-refractivity contribution is 7.90. The first-order valence-corrected chi connectivity index (χ1v) is 11.6. The number of guanidine groups is 1. The predicted molar refractivity (Wildman–Crippen MR) is 111 cm³/mol. The van der Waals surface area contributed by atoms with E-state index in [-0.39, 0.29) is 17.2 Å². The first kappa shape index (κ1) is 21.5. The molecule has 6 nitrogen and oxygen atoms in total. The topological polar surface area (TPSA) is 79.8 Å². The minimum Gasteiger partial charge on any atom is -0.497 e. The van der Waals surface area contributed by atoms with Crippen LogP contribution in [0.2, 0.25) is 0 Å². The fourth-order valence-corrected chi connectivity index (χ4v) is 4.50. The number of benzene rings is 1. The van der Waals surface area contributed by atoms with Gasteiger partial charge in [-0.05, 0) is 43.9 Å². The fourth-order valence-electron chi connectivity index (χ4n) is 3.72. The Labute approximate surface area is 163 Å². The van der Waals surface area contributed by atoms with Crippen LogP contribution in [0.5, 0.6) is 5.75 Å². The molecule has 1 saturated carbocycles. The molecule has 0 radical (unpaired) electrons. The molecular weight excluding hydrogens is 362 g/mol. The van der Waals surface area contributed by atoms with Crippen LogP contribution in [0, 0.1) is 0 Å². The summed E-state index contributed by atoms with van der Waals surface area (Å²) >= 11 is 0. The molecule has 1 fully saturated rings. The number of aliphatic imine (C=N–C) groups is 1. The summed E-state index contributed by atoms with van der Waals surface area (Å²) in [5.74, 6) is 1.77. The van der Waals surface area contributed by atoms with Gasteiger partial charge in [0.05, 0.1) is 12.9 Å². The van der Waals surface area contributed by atoms with Gasteiger partial charge in [-0.25, -0.2) is 8.42 Å². The summed E-state index contributed by atoms with van der Waals surface area (Å²) in [7, 11) is 0.487. The molecule has 1 aromatic carbocycles. The number of ether oxygens (including phenoxy) is 1. The number of nitrogens with zero attached hydrogens (tertiary/aromatic N) is 1. The first-order valence-electron chi connectivity index (χ1n) is 9.57. The van der Waals surface area contributed by atoms with Crippen molar-refractivity contribution in [1.82, 2.24) is 10.6 Å². The van der Waals surface area contributed by atoms with E-state index in [0.717, 1.165) is 25.1 Å². The lowest BCUT2D eigenvalue weighted by Crippen LogP contribution is -2.47.